The van der Waals surface area contributed by atoms with Gasteiger partial charge in [-0.1, -0.05) is 13.8 Å². The highest BCUT2D eigenvalue weighted by atomic mass is 32.2. The highest BCUT2D eigenvalue weighted by Gasteiger charge is 2.15. The summed E-state index contributed by atoms with van der Waals surface area (Å²) in [6, 6.07) is 0.250. The Labute approximate surface area is 104 Å². The zero-order chi connectivity index (χ0) is 12.6. The lowest BCUT2D eigenvalue weighted by atomic mass is 9.94. The van der Waals surface area contributed by atoms with Gasteiger partial charge in [0.2, 0.25) is 5.91 Å². The van der Waals surface area contributed by atoms with E-state index < -0.39 is 0 Å². The fraction of sp³-hybridized carbons (Fsp3) is 0.917. The summed E-state index contributed by atoms with van der Waals surface area (Å²) in [6.45, 7) is 6.96. The van der Waals surface area contributed by atoms with Gasteiger partial charge in [0, 0.05) is 18.2 Å². The third-order valence-corrected chi connectivity index (χ3v) is 3.27. The molecule has 0 aliphatic rings. The van der Waals surface area contributed by atoms with Gasteiger partial charge in [-0.25, -0.2) is 0 Å². The van der Waals surface area contributed by atoms with Gasteiger partial charge in [0.15, 0.2) is 0 Å². The summed E-state index contributed by atoms with van der Waals surface area (Å²) in [4.78, 5) is 11.7. The monoisotopic (exact) mass is 246 g/mol. The Morgan fingerprint density at radius 2 is 2.00 bits per heavy atom. The molecule has 3 nitrogen and oxygen atoms in total. The van der Waals surface area contributed by atoms with Crippen LogP contribution in [0, 0.1) is 11.8 Å². The average molecular weight is 246 g/mol. The summed E-state index contributed by atoms with van der Waals surface area (Å²) in [5, 5.41) is 3.00. The smallest absolute Gasteiger partial charge is 0.220 e. The standard InChI is InChI=1S/C12H26N2OS/c1-9(2)5-11(7-13)6-12(15)14-10(3)8-16-4/h9-11H,5-8,13H2,1-4H3,(H,14,15). The molecule has 0 saturated carbocycles. The van der Waals surface area contributed by atoms with Crippen molar-refractivity contribution in [3.8, 4) is 0 Å². The SMILES string of the molecule is CSCC(C)NC(=O)CC(CN)CC(C)C. The van der Waals surface area contributed by atoms with Gasteiger partial charge in [-0.2, -0.15) is 11.8 Å². The number of nitrogens with two attached hydrogens (primary N) is 1. The minimum atomic E-state index is 0.137. The molecule has 4 heteroatoms. The van der Waals surface area contributed by atoms with Gasteiger partial charge in [-0.15, -0.1) is 0 Å². The van der Waals surface area contributed by atoms with Crippen LogP contribution in [0.2, 0.25) is 0 Å². The van der Waals surface area contributed by atoms with E-state index in [1.165, 1.54) is 0 Å². The molecule has 0 aromatic heterocycles. The van der Waals surface area contributed by atoms with E-state index in [0.29, 0.717) is 24.8 Å². The van der Waals surface area contributed by atoms with E-state index in [1.54, 1.807) is 11.8 Å². The van der Waals surface area contributed by atoms with E-state index in [2.05, 4.69) is 19.2 Å². The lowest BCUT2D eigenvalue weighted by molar-refractivity contribution is -0.122. The molecule has 96 valence electrons. The fourth-order valence-electron chi connectivity index (χ4n) is 1.82. The maximum Gasteiger partial charge on any atom is 0.220 e. The van der Waals surface area contributed by atoms with Crippen molar-refractivity contribution in [3.05, 3.63) is 0 Å². The van der Waals surface area contributed by atoms with Crippen LogP contribution in [0.1, 0.15) is 33.6 Å². The quantitative estimate of drug-likeness (QED) is 0.687. The number of carbonyl (C=O) groups is 1. The fourth-order valence-corrected chi connectivity index (χ4v) is 2.40. The van der Waals surface area contributed by atoms with Crippen molar-refractivity contribution in [2.75, 3.05) is 18.6 Å². The van der Waals surface area contributed by atoms with E-state index in [1.807, 2.05) is 13.2 Å². The molecule has 0 aromatic carbocycles. The largest absolute Gasteiger partial charge is 0.353 e. The predicted octanol–water partition coefficient (Wildman–Crippen LogP) is 1.87. The molecule has 1 amide bonds. The number of hydrogen-bond acceptors (Lipinski definition) is 3. The number of nitrogens with one attached hydrogen (secondary N) is 1. The van der Waals surface area contributed by atoms with Crippen LogP contribution < -0.4 is 11.1 Å². The van der Waals surface area contributed by atoms with Crippen LogP contribution in [0.5, 0.6) is 0 Å². The average Bonchev–Trinajstić information content (AvgIpc) is 2.15. The summed E-state index contributed by atoms with van der Waals surface area (Å²) in [5.74, 6) is 2.02. The molecule has 0 aromatic rings. The minimum absolute atomic E-state index is 0.137. The van der Waals surface area contributed by atoms with Crippen molar-refractivity contribution in [2.24, 2.45) is 17.6 Å². The lowest BCUT2D eigenvalue weighted by Gasteiger charge is -2.18. The summed E-state index contributed by atoms with van der Waals surface area (Å²) in [7, 11) is 0. The van der Waals surface area contributed by atoms with Crippen LogP contribution >= 0.6 is 11.8 Å². The molecule has 0 heterocycles. The van der Waals surface area contributed by atoms with Crippen LogP contribution in [-0.2, 0) is 4.79 Å². The Morgan fingerprint density at radius 1 is 1.38 bits per heavy atom. The Morgan fingerprint density at radius 3 is 2.44 bits per heavy atom. The summed E-state index contributed by atoms with van der Waals surface area (Å²) in [6.07, 6.45) is 3.64. The van der Waals surface area contributed by atoms with Crippen molar-refractivity contribution >= 4 is 17.7 Å². The number of hydrogen-bond donors (Lipinski definition) is 2. The zero-order valence-corrected chi connectivity index (χ0v) is 11.8. The molecule has 2 unspecified atom stereocenters. The van der Waals surface area contributed by atoms with Gasteiger partial charge in [0.1, 0.15) is 0 Å². The van der Waals surface area contributed by atoms with Gasteiger partial charge >= 0.3 is 0 Å². The molecule has 0 saturated heterocycles. The summed E-state index contributed by atoms with van der Waals surface area (Å²) >= 11 is 1.75. The first-order valence-electron chi connectivity index (χ1n) is 5.97. The zero-order valence-electron chi connectivity index (χ0n) is 11.0. The molecule has 0 aliphatic heterocycles. The van der Waals surface area contributed by atoms with Gasteiger partial charge < -0.3 is 11.1 Å². The number of thioether (sulfide) groups is 1. The maximum atomic E-state index is 11.7. The Kier molecular flexibility index (Phi) is 8.76. The normalized spacial score (nSPS) is 14.9. The molecular formula is C12H26N2OS. The van der Waals surface area contributed by atoms with Crippen LogP contribution in [-0.4, -0.2) is 30.5 Å². The van der Waals surface area contributed by atoms with Crippen LogP contribution in [0.15, 0.2) is 0 Å². The third-order valence-electron chi connectivity index (χ3n) is 2.44. The second-order valence-corrected chi connectivity index (χ2v) is 5.77. The van der Waals surface area contributed by atoms with Crippen molar-refractivity contribution in [2.45, 2.75) is 39.7 Å². The molecule has 0 fully saturated rings. The van der Waals surface area contributed by atoms with Gasteiger partial charge in [-0.3, -0.25) is 4.79 Å². The Hall–Kier alpha value is -0.220. The molecule has 0 bridgehead atoms. The minimum Gasteiger partial charge on any atom is -0.353 e. The Balaban J connectivity index is 3.91. The van der Waals surface area contributed by atoms with E-state index in [-0.39, 0.29) is 11.9 Å². The molecule has 0 spiro atoms. The lowest BCUT2D eigenvalue weighted by Crippen LogP contribution is -2.36. The second-order valence-electron chi connectivity index (χ2n) is 4.86. The van der Waals surface area contributed by atoms with Crippen LogP contribution in [0.25, 0.3) is 0 Å². The van der Waals surface area contributed by atoms with Crippen molar-refractivity contribution < 1.29 is 4.79 Å². The highest BCUT2D eigenvalue weighted by Crippen LogP contribution is 2.14. The van der Waals surface area contributed by atoms with E-state index in [4.69, 9.17) is 5.73 Å². The van der Waals surface area contributed by atoms with Gasteiger partial charge in [0.25, 0.3) is 0 Å². The van der Waals surface area contributed by atoms with Gasteiger partial charge in [0.05, 0.1) is 0 Å². The first-order chi connectivity index (χ1) is 7.49. The van der Waals surface area contributed by atoms with Gasteiger partial charge in [-0.05, 0) is 38.0 Å². The van der Waals surface area contributed by atoms with E-state index >= 15 is 0 Å². The predicted molar refractivity (Wildman–Crippen MR) is 72.6 cm³/mol. The summed E-state index contributed by atoms with van der Waals surface area (Å²) in [5.41, 5.74) is 5.67. The molecular weight excluding hydrogens is 220 g/mol. The highest BCUT2D eigenvalue weighted by molar-refractivity contribution is 7.98. The molecule has 2 atom stereocenters. The second kappa shape index (κ2) is 8.88. The van der Waals surface area contributed by atoms with E-state index in [9.17, 15) is 4.79 Å². The molecule has 0 radical (unpaired) electrons. The molecule has 16 heavy (non-hydrogen) atoms. The number of carbonyl (C=O) groups excluding carboxylic acids is 1. The Bertz CT molecular complexity index is 197. The van der Waals surface area contributed by atoms with Crippen LogP contribution in [0.3, 0.4) is 0 Å². The van der Waals surface area contributed by atoms with Crippen molar-refractivity contribution in [1.29, 1.82) is 0 Å². The molecule has 3 N–H and O–H groups in total. The maximum absolute atomic E-state index is 11.7. The number of amides is 1. The first-order valence-corrected chi connectivity index (χ1v) is 7.37. The third kappa shape index (κ3) is 7.99. The van der Waals surface area contributed by atoms with E-state index in [0.717, 1.165) is 12.2 Å². The molecule has 0 rings (SSSR count). The molecule has 0 aliphatic carbocycles. The van der Waals surface area contributed by atoms with Crippen molar-refractivity contribution in [1.82, 2.24) is 5.32 Å². The van der Waals surface area contributed by atoms with Crippen molar-refractivity contribution in [3.63, 3.8) is 0 Å². The first kappa shape index (κ1) is 15.8. The summed E-state index contributed by atoms with van der Waals surface area (Å²) < 4.78 is 0. The topological polar surface area (TPSA) is 55.1 Å². The van der Waals surface area contributed by atoms with Crippen LogP contribution in [0.4, 0.5) is 0 Å². The number of rotatable bonds is 8.